The van der Waals surface area contributed by atoms with Crippen LogP contribution in [0.2, 0.25) is 0 Å². The van der Waals surface area contributed by atoms with Crippen LogP contribution in [0, 0.1) is 0 Å². The van der Waals surface area contributed by atoms with Crippen molar-refractivity contribution >= 4 is 30.4 Å². The minimum absolute atomic E-state index is 0.469. The van der Waals surface area contributed by atoms with Crippen molar-refractivity contribution in [2.24, 2.45) is 0 Å². The molecule has 2 atom stereocenters. The zero-order valence-electron chi connectivity index (χ0n) is 16.8. The van der Waals surface area contributed by atoms with Gasteiger partial charge in [0.15, 0.2) is 0 Å². The van der Waals surface area contributed by atoms with Gasteiger partial charge in [-0.2, -0.15) is 0 Å². The van der Waals surface area contributed by atoms with Gasteiger partial charge < -0.3 is 14.6 Å². The summed E-state index contributed by atoms with van der Waals surface area (Å²) in [6.45, 7) is 1.96. The van der Waals surface area contributed by atoms with Crippen LogP contribution in [0.5, 0.6) is 0 Å². The molecular weight excluding hydrogens is 395 g/mol. The summed E-state index contributed by atoms with van der Waals surface area (Å²) >= 11 is 0. The molecule has 2 aromatic rings. The van der Waals surface area contributed by atoms with E-state index < -0.39 is 25.6 Å². The molecule has 2 bridgehead atoms. The van der Waals surface area contributed by atoms with E-state index in [-0.39, 0.29) is 0 Å². The van der Waals surface area contributed by atoms with Crippen LogP contribution in [0.1, 0.15) is 37.5 Å². The molecule has 4 aliphatic rings. The van der Waals surface area contributed by atoms with Gasteiger partial charge >= 0.3 is 7.82 Å². The zero-order valence-corrected chi connectivity index (χ0v) is 17.7. The second kappa shape index (κ2) is 6.65. The molecule has 6 rings (SSSR count). The number of nitrogens with one attached hydrogen (secondary N) is 1. The fourth-order valence-corrected chi connectivity index (χ4v) is 6.18. The van der Waals surface area contributed by atoms with Crippen molar-refractivity contribution in [2.45, 2.75) is 57.0 Å². The molecule has 0 radical (unpaired) electrons. The summed E-state index contributed by atoms with van der Waals surface area (Å²) < 4.78 is 34.0. The van der Waals surface area contributed by atoms with Gasteiger partial charge in [-0.05, 0) is 51.6 Å². The van der Waals surface area contributed by atoms with E-state index in [9.17, 15) is 9.36 Å². The highest BCUT2D eigenvalue weighted by Gasteiger charge is 2.75. The van der Waals surface area contributed by atoms with E-state index in [4.69, 9.17) is 18.0 Å². The minimum atomic E-state index is -3.55. The average Bonchev–Trinajstić information content (AvgIpc) is 3.26. The minimum Gasteiger partial charge on any atom is -0.461 e. The number of hydrogen-bond acceptors (Lipinski definition) is 7. The highest BCUT2D eigenvalue weighted by Crippen LogP contribution is 2.74. The van der Waals surface area contributed by atoms with E-state index in [1.165, 1.54) is 5.56 Å². The number of phosphoric ester groups is 1. The van der Waals surface area contributed by atoms with Crippen LogP contribution in [-0.4, -0.2) is 42.8 Å². The third-order valence-electron chi connectivity index (χ3n) is 6.05. The molecule has 1 N–H and O–H groups in total. The number of aryl methyl sites for hydroxylation is 1. The first-order valence-corrected chi connectivity index (χ1v) is 11.5. The molecule has 4 heterocycles. The highest BCUT2D eigenvalue weighted by molar-refractivity contribution is 7.50. The predicted molar refractivity (Wildman–Crippen MR) is 107 cm³/mol. The van der Waals surface area contributed by atoms with E-state index in [2.05, 4.69) is 24.3 Å². The monoisotopic (exact) mass is 420 g/mol. The largest absolute Gasteiger partial charge is 0.481 e. The number of amides is 1. The number of anilines is 1. The summed E-state index contributed by atoms with van der Waals surface area (Å²) in [5.74, 6) is -1.09. The quantitative estimate of drug-likeness (QED) is 0.735. The number of carbonyl (C=O) groups is 1. The third kappa shape index (κ3) is 2.97. The molecule has 3 aliphatic heterocycles. The lowest BCUT2D eigenvalue weighted by molar-refractivity contribution is -0.191. The van der Waals surface area contributed by atoms with Crippen LogP contribution in [-0.2, 0) is 35.8 Å². The first-order chi connectivity index (χ1) is 13.8. The molecule has 1 aromatic heterocycles. The zero-order chi connectivity index (χ0) is 20.4. The Morgan fingerprint density at radius 2 is 2.14 bits per heavy atom. The number of nitrogens with zero attached hydrogens (tertiary/aromatic N) is 1. The number of rotatable bonds is 5. The molecule has 2 unspecified atom stereocenters. The van der Waals surface area contributed by atoms with Gasteiger partial charge in [-0.15, -0.1) is 0 Å². The van der Waals surface area contributed by atoms with Crippen LogP contribution in [0.25, 0.3) is 11.0 Å². The van der Waals surface area contributed by atoms with Crippen molar-refractivity contribution in [2.75, 3.05) is 19.4 Å². The number of phosphoric acid groups is 1. The average molecular weight is 420 g/mol. The van der Waals surface area contributed by atoms with Crippen LogP contribution in [0.3, 0.4) is 0 Å². The molecule has 0 spiro atoms. The fraction of sp³-hybridized carbons (Fsp3) is 0.550. The Morgan fingerprint density at radius 1 is 1.34 bits per heavy atom. The van der Waals surface area contributed by atoms with Gasteiger partial charge in [-0.25, -0.2) is 13.6 Å². The van der Waals surface area contributed by atoms with Crippen molar-refractivity contribution in [3.8, 4) is 0 Å². The smallest absolute Gasteiger partial charge is 0.461 e. The lowest BCUT2D eigenvalue weighted by atomic mass is 9.91. The van der Waals surface area contributed by atoms with Crippen LogP contribution in [0.4, 0.5) is 5.69 Å². The van der Waals surface area contributed by atoms with Gasteiger partial charge in [-0.1, -0.05) is 13.3 Å². The molecule has 9 heteroatoms. The number of likely N-dealkylation sites (N-methyl/N-ethyl adjacent to an activating group) is 1. The molecule has 29 heavy (non-hydrogen) atoms. The molecule has 3 fully saturated rings. The molecule has 1 aliphatic carbocycles. The number of hydrogen-bond donors (Lipinski definition) is 1. The summed E-state index contributed by atoms with van der Waals surface area (Å²) in [7, 11) is 0.636. The normalized spacial score (nSPS) is 33.0. The fourth-order valence-electron chi connectivity index (χ4n) is 4.46. The van der Waals surface area contributed by atoms with Crippen molar-refractivity contribution in [3.63, 3.8) is 0 Å². The Labute approximate surface area is 169 Å². The van der Waals surface area contributed by atoms with E-state index >= 15 is 0 Å². The van der Waals surface area contributed by atoms with Crippen molar-refractivity contribution in [1.29, 1.82) is 0 Å². The van der Waals surface area contributed by atoms with Crippen LogP contribution in [0.15, 0.2) is 22.6 Å². The van der Waals surface area contributed by atoms with Gasteiger partial charge in [0.05, 0.1) is 0 Å². The molecule has 3 saturated heterocycles. The Bertz CT molecular complexity index is 1020. The maximum Gasteiger partial charge on any atom is 0.481 e. The summed E-state index contributed by atoms with van der Waals surface area (Å²) in [6.07, 6.45) is 3.51. The third-order valence-corrected chi connectivity index (χ3v) is 7.55. The maximum atomic E-state index is 12.9. The number of carbonyl (C=O) groups excluding carboxylic acids is 1. The van der Waals surface area contributed by atoms with Gasteiger partial charge in [0.25, 0.3) is 11.7 Å². The number of furan rings is 1. The lowest BCUT2D eigenvalue weighted by Crippen LogP contribution is -2.54. The molecule has 0 saturated carbocycles. The summed E-state index contributed by atoms with van der Waals surface area (Å²) in [6, 6.07) is 6.05. The first kappa shape index (κ1) is 19.3. The van der Waals surface area contributed by atoms with E-state index in [1.807, 2.05) is 19.1 Å². The Balaban J connectivity index is 1.41. The Kier molecular flexibility index (Phi) is 4.42. The number of benzene rings is 1. The lowest BCUT2D eigenvalue weighted by Gasteiger charge is -2.34. The van der Waals surface area contributed by atoms with Gasteiger partial charge in [0.2, 0.25) is 0 Å². The first-order valence-electron chi connectivity index (χ1n) is 10.1. The molecule has 1 aromatic carbocycles. The molecule has 156 valence electrons. The van der Waals surface area contributed by atoms with E-state index in [1.54, 1.807) is 6.07 Å². The van der Waals surface area contributed by atoms with E-state index in [0.717, 1.165) is 42.4 Å². The van der Waals surface area contributed by atoms with E-state index in [0.29, 0.717) is 18.2 Å². The SMILES string of the molecule is CCCC1OP2(=O)OC1(C(=O)Nc1ccc3oc4c(c3c1)CC(N(C)C)CC4)O2. The topological polar surface area (TPSA) is 90.2 Å². The molecule has 8 nitrogen and oxygen atoms in total. The van der Waals surface area contributed by atoms with Crippen molar-refractivity contribution < 1.29 is 27.3 Å². The van der Waals surface area contributed by atoms with Crippen LogP contribution < -0.4 is 5.32 Å². The van der Waals surface area contributed by atoms with Crippen molar-refractivity contribution in [1.82, 2.24) is 4.90 Å². The molecular formula is C20H25N2O6P. The summed E-state index contributed by atoms with van der Waals surface area (Å²) in [5, 5.41) is 3.86. The van der Waals surface area contributed by atoms with Crippen molar-refractivity contribution in [3.05, 3.63) is 29.5 Å². The predicted octanol–water partition coefficient (Wildman–Crippen LogP) is 3.84. The van der Waals surface area contributed by atoms with Crippen LogP contribution >= 0.6 is 7.82 Å². The summed E-state index contributed by atoms with van der Waals surface area (Å²) in [5.41, 5.74) is 2.63. The number of fused-ring (bicyclic) bond motifs is 4. The maximum absolute atomic E-state index is 12.9. The van der Waals surface area contributed by atoms with Gasteiger partial charge in [0.1, 0.15) is 17.4 Å². The molecule has 1 amide bonds. The van der Waals surface area contributed by atoms with Gasteiger partial charge in [-0.3, -0.25) is 9.32 Å². The summed E-state index contributed by atoms with van der Waals surface area (Å²) in [4.78, 5) is 15.2. The second-order valence-corrected chi connectivity index (χ2v) is 9.68. The standard InChI is InChI=1S/C20H25N2O6P/c1-4-5-18-20(27-29(24,26-18)28-20)19(23)21-12-6-8-16-14(10-12)15-11-13(22(2)3)7-9-17(15)25-16/h6,8,10,13,18H,4-5,7,9,11H2,1-3H3,(H,21,23). The Morgan fingerprint density at radius 3 is 2.86 bits per heavy atom. The Hall–Kier alpha value is -1.70. The highest BCUT2D eigenvalue weighted by atomic mass is 31.2. The second-order valence-electron chi connectivity index (χ2n) is 8.21. The van der Waals surface area contributed by atoms with Gasteiger partial charge in [0, 0.05) is 29.1 Å².